The van der Waals surface area contributed by atoms with Crippen LogP contribution in [-0.2, 0) is 0 Å². The molecule has 1 atom stereocenters. The third-order valence-electron chi connectivity index (χ3n) is 4.43. The smallest absolute Gasteiger partial charge is 0.255 e. The van der Waals surface area contributed by atoms with E-state index < -0.39 is 0 Å². The van der Waals surface area contributed by atoms with Crippen molar-refractivity contribution in [3.8, 4) is 0 Å². The van der Waals surface area contributed by atoms with Gasteiger partial charge < -0.3 is 10.2 Å². The Hall–Kier alpha value is -1.06. The van der Waals surface area contributed by atoms with Gasteiger partial charge in [0.05, 0.1) is 10.6 Å². The van der Waals surface area contributed by atoms with E-state index in [0.717, 1.165) is 37.9 Å². The second kappa shape index (κ2) is 6.37. The maximum Gasteiger partial charge on any atom is 0.255 e. The van der Waals surface area contributed by atoms with E-state index in [1.807, 2.05) is 30.0 Å². The molecule has 114 valence electrons. The van der Waals surface area contributed by atoms with Gasteiger partial charge in [0, 0.05) is 18.6 Å². The standard InChI is InChI=1S/C17H23ClN2O/c1-12-5-8-15(16(18)10-12)17(21)20(14-6-7-14)11-13-4-2-3-9-19-13/h5,8,10,13-14,19H,2-4,6-7,9,11H2,1H3. The van der Waals surface area contributed by atoms with Crippen LogP contribution >= 0.6 is 11.6 Å². The summed E-state index contributed by atoms with van der Waals surface area (Å²) in [5.41, 5.74) is 1.73. The first-order valence-corrected chi connectivity index (χ1v) is 8.33. The van der Waals surface area contributed by atoms with Crippen molar-refractivity contribution in [2.45, 2.75) is 51.1 Å². The average Bonchev–Trinajstić information content (AvgIpc) is 3.30. The van der Waals surface area contributed by atoms with Crippen molar-refractivity contribution in [1.82, 2.24) is 10.2 Å². The third-order valence-corrected chi connectivity index (χ3v) is 4.75. The Morgan fingerprint density at radius 3 is 2.76 bits per heavy atom. The van der Waals surface area contributed by atoms with Crippen molar-refractivity contribution in [3.63, 3.8) is 0 Å². The number of nitrogens with zero attached hydrogens (tertiary/aromatic N) is 1. The summed E-state index contributed by atoms with van der Waals surface area (Å²) in [6.45, 7) is 3.88. The largest absolute Gasteiger partial charge is 0.334 e. The molecule has 1 aromatic carbocycles. The number of carbonyl (C=O) groups is 1. The van der Waals surface area contributed by atoms with Gasteiger partial charge in [-0.25, -0.2) is 0 Å². The summed E-state index contributed by atoms with van der Waals surface area (Å²) in [6, 6.07) is 6.55. The molecule has 21 heavy (non-hydrogen) atoms. The number of piperidine rings is 1. The number of aryl methyl sites for hydroxylation is 1. The number of rotatable bonds is 4. The molecule has 1 aliphatic carbocycles. The molecule has 1 heterocycles. The Bertz CT molecular complexity index is 522. The van der Waals surface area contributed by atoms with E-state index in [1.54, 1.807) is 0 Å². The van der Waals surface area contributed by atoms with E-state index in [1.165, 1.54) is 12.8 Å². The second-order valence-electron chi connectivity index (χ2n) is 6.32. The van der Waals surface area contributed by atoms with Crippen molar-refractivity contribution in [2.75, 3.05) is 13.1 Å². The SMILES string of the molecule is Cc1ccc(C(=O)N(CC2CCCCN2)C2CC2)c(Cl)c1. The minimum absolute atomic E-state index is 0.0925. The molecule has 2 aliphatic rings. The summed E-state index contributed by atoms with van der Waals surface area (Å²) in [7, 11) is 0. The molecule has 3 nitrogen and oxygen atoms in total. The fourth-order valence-corrected chi connectivity index (χ4v) is 3.37. The fraction of sp³-hybridized carbons (Fsp3) is 0.588. The van der Waals surface area contributed by atoms with E-state index in [0.29, 0.717) is 22.7 Å². The average molecular weight is 307 g/mol. The van der Waals surface area contributed by atoms with Gasteiger partial charge in [-0.1, -0.05) is 24.1 Å². The Labute approximate surface area is 131 Å². The highest BCUT2D eigenvalue weighted by Gasteiger charge is 2.35. The van der Waals surface area contributed by atoms with E-state index in [2.05, 4.69) is 5.32 Å². The lowest BCUT2D eigenvalue weighted by Crippen LogP contribution is -2.46. The fourth-order valence-electron chi connectivity index (χ4n) is 3.05. The van der Waals surface area contributed by atoms with Crippen LogP contribution in [0, 0.1) is 6.92 Å². The van der Waals surface area contributed by atoms with E-state index >= 15 is 0 Å². The lowest BCUT2D eigenvalue weighted by Gasteiger charge is -2.31. The molecule has 1 aliphatic heterocycles. The Morgan fingerprint density at radius 2 is 2.14 bits per heavy atom. The van der Waals surface area contributed by atoms with Gasteiger partial charge in [-0.05, 0) is 56.8 Å². The van der Waals surface area contributed by atoms with Gasteiger partial charge in [-0.3, -0.25) is 4.79 Å². The Kier molecular flexibility index (Phi) is 4.51. The molecule has 1 saturated carbocycles. The molecule has 0 radical (unpaired) electrons. The lowest BCUT2D eigenvalue weighted by atomic mass is 10.0. The molecule has 3 rings (SSSR count). The summed E-state index contributed by atoms with van der Waals surface area (Å²) in [5, 5.41) is 4.11. The van der Waals surface area contributed by atoms with E-state index in [-0.39, 0.29) is 5.91 Å². The van der Waals surface area contributed by atoms with Crippen LogP contribution in [0.15, 0.2) is 18.2 Å². The Morgan fingerprint density at radius 1 is 1.33 bits per heavy atom. The third kappa shape index (κ3) is 3.58. The maximum absolute atomic E-state index is 12.8. The molecule has 2 fully saturated rings. The van der Waals surface area contributed by atoms with Crippen LogP contribution < -0.4 is 5.32 Å². The minimum Gasteiger partial charge on any atom is -0.334 e. The molecule has 1 saturated heterocycles. The highest BCUT2D eigenvalue weighted by Crippen LogP contribution is 2.30. The number of hydrogen-bond acceptors (Lipinski definition) is 2. The monoisotopic (exact) mass is 306 g/mol. The second-order valence-corrected chi connectivity index (χ2v) is 6.73. The van der Waals surface area contributed by atoms with Crippen LogP contribution in [0.2, 0.25) is 5.02 Å². The molecule has 1 aromatic rings. The molecular weight excluding hydrogens is 284 g/mol. The van der Waals surface area contributed by atoms with Gasteiger partial charge in [0.1, 0.15) is 0 Å². The van der Waals surface area contributed by atoms with E-state index in [9.17, 15) is 4.79 Å². The predicted molar refractivity (Wildman–Crippen MR) is 85.9 cm³/mol. The van der Waals surface area contributed by atoms with Crippen molar-refractivity contribution in [3.05, 3.63) is 34.3 Å². The number of nitrogens with one attached hydrogen (secondary N) is 1. The summed E-state index contributed by atoms with van der Waals surface area (Å²) >= 11 is 6.27. The first kappa shape index (κ1) is 14.9. The quantitative estimate of drug-likeness (QED) is 0.924. The van der Waals surface area contributed by atoms with Crippen molar-refractivity contribution in [1.29, 1.82) is 0 Å². The highest BCUT2D eigenvalue weighted by molar-refractivity contribution is 6.33. The summed E-state index contributed by atoms with van der Waals surface area (Å²) in [5.74, 6) is 0.0925. The summed E-state index contributed by atoms with van der Waals surface area (Å²) in [6.07, 6.45) is 5.93. The van der Waals surface area contributed by atoms with Gasteiger partial charge in [0.25, 0.3) is 5.91 Å². The van der Waals surface area contributed by atoms with Crippen molar-refractivity contribution < 1.29 is 4.79 Å². The van der Waals surface area contributed by atoms with Crippen LogP contribution in [0.5, 0.6) is 0 Å². The van der Waals surface area contributed by atoms with Crippen molar-refractivity contribution >= 4 is 17.5 Å². The van der Waals surface area contributed by atoms with E-state index in [4.69, 9.17) is 11.6 Å². The normalized spacial score (nSPS) is 22.1. The van der Waals surface area contributed by atoms with Crippen LogP contribution in [0.4, 0.5) is 0 Å². The number of carbonyl (C=O) groups excluding carboxylic acids is 1. The van der Waals surface area contributed by atoms with Crippen LogP contribution in [-0.4, -0.2) is 36.0 Å². The molecule has 4 heteroatoms. The number of halogens is 1. The molecule has 0 bridgehead atoms. The van der Waals surface area contributed by atoms with Gasteiger partial charge in [0.15, 0.2) is 0 Å². The van der Waals surface area contributed by atoms with Crippen LogP contribution in [0.1, 0.15) is 48.0 Å². The topological polar surface area (TPSA) is 32.3 Å². The minimum atomic E-state index is 0.0925. The van der Waals surface area contributed by atoms with Gasteiger partial charge in [0.2, 0.25) is 0 Å². The highest BCUT2D eigenvalue weighted by atomic mass is 35.5. The van der Waals surface area contributed by atoms with Gasteiger partial charge in [-0.2, -0.15) is 0 Å². The molecule has 0 spiro atoms. The molecule has 1 N–H and O–H groups in total. The van der Waals surface area contributed by atoms with Crippen LogP contribution in [0.3, 0.4) is 0 Å². The zero-order chi connectivity index (χ0) is 14.8. The zero-order valence-corrected chi connectivity index (χ0v) is 13.3. The van der Waals surface area contributed by atoms with Crippen LogP contribution in [0.25, 0.3) is 0 Å². The predicted octanol–water partition coefficient (Wildman–Crippen LogP) is 3.40. The maximum atomic E-state index is 12.8. The molecule has 0 aromatic heterocycles. The summed E-state index contributed by atoms with van der Waals surface area (Å²) in [4.78, 5) is 14.9. The van der Waals surface area contributed by atoms with Gasteiger partial charge >= 0.3 is 0 Å². The summed E-state index contributed by atoms with van der Waals surface area (Å²) < 4.78 is 0. The molecule has 1 unspecified atom stereocenters. The van der Waals surface area contributed by atoms with Crippen molar-refractivity contribution in [2.24, 2.45) is 0 Å². The number of amides is 1. The molecule has 1 amide bonds. The Balaban J connectivity index is 1.75. The number of benzene rings is 1. The number of hydrogen-bond donors (Lipinski definition) is 1. The zero-order valence-electron chi connectivity index (χ0n) is 12.6. The lowest BCUT2D eigenvalue weighted by molar-refractivity contribution is 0.0718. The van der Waals surface area contributed by atoms with Gasteiger partial charge in [-0.15, -0.1) is 0 Å². The first-order valence-electron chi connectivity index (χ1n) is 7.95. The first-order chi connectivity index (χ1) is 10.1. The molecular formula is C17H23ClN2O.